The van der Waals surface area contributed by atoms with E-state index >= 15 is 0 Å². The van der Waals surface area contributed by atoms with Gasteiger partial charge in [-0.25, -0.2) is 17.9 Å². The highest BCUT2D eigenvalue weighted by molar-refractivity contribution is 7.88. The summed E-state index contributed by atoms with van der Waals surface area (Å²) in [5, 5.41) is 0. The second-order valence-electron chi connectivity index (χ2n) is 9.25. The monoisotopic (exact) mass is 466 g/mol. The topological polar surface area (TPSA) is 94.2 Å². The predicted octanol–water partition coefficient (Wildman–Crippen LogP) is 3.03. The van der Waals surface area contributed by atoms with Gasteiger partial charge in [-0.3, -0.25) is 4.90 Å². The highest BCUT2D eigenvalue weighted by Crippen LogP contribution is 2.36. The third-order valence-corrected chi connectivity index (χ3v) is 7.49. The molecule has 4 aliphatic rings. The lowest BCUT2D eigenvalue weighted by atomic mass is 9.82. The van der Waals surface area contributed by atoms with Gasteiger partial charge in [-0.2, -0.15) is 0 Å². The van der Waals surface area contributed by atoms with Gasteiger partial charge in [0, 0.05) is 18.5 Å². The molecule has 1 aromatic rings. The molecule has 5 rings (SSSR count). The molecule has 0 aromatic heterocycles. The normalized spacial score (nSPS) is 32.0. The van der Waals surface area contributed by atoms with Crippen LogP contribution in [0.2, 0.25) is 0 Å². The van der Waals surface area contributed by atoms with Crippen molar-refractivity contribution in [2.24, 2.45) is 0 Å². The molecule has 3 aliphatic heterocycles. The number of nitrogens with zero attached hydrogens (tertiary/aromatic N) is 1. The summed E-state index contributed by atoms with van der Waals surface area (Å²) in [5.74, 6) is 1.33. The van der Waals surface area contributed by atoms with Gasteiger partial charge >= 0.3 is 6.09 Å². The number of nitrogens with one attached hydrogen (secondary N) is 1. The molecule has 3 heterocycles. The van der Waals surface area contributed by atoms with Gasteiger partial charge in [0.2, 0.25) is 10.0 Å². The smallest absolute Gasteiger partial charge is 0.410 e. The van der Waals surface area contributed by atoms with E-state index in [0.717, 1.165) is 37.7 Å². The summed E-state index contributed by atoms with van der Waals surface area (Å²) in [6.45, 7) is 2.91. The fraction of sp³-hybridized carbons (Fsp3) is 0.696. The number of ether oxygens (including phenoxy) is 3. The quantitative estimate of drug-likeness (QED) is 0.720. The van der Waals surface area contributed by atoms with E-state index in [0.29, 0.717) is 32.0 Å². The number of carbonyl (C=O) groups excluding carboxylic acids is 1. The van der Waals surface area contributed by atoms with Crippen LogP contribution in [0.25, 0.3) is 0 Å². The summed E-state index contributed by atoms with van der Waals surface area (Å²) in [6.07, 6.45) is 5.87. The zero-order chi connectivity index (χ0) is 22.7. The fourth-order valence-corrected chi connectivity index (χ4v) is 6.01. The fourth-order valence-electron chi connectivity index (χ4n) is 5.21. The summed E-state index contributed by atoms with van der Waals surface area (Å²) in [7, 11) is -3.41. The Hall–Kier alpha value is -1.84. The van der Waals surface area contributed by atoms with Crippen molar-refractivity contribution in [1.29, 1.82) is 0 Å². The van der Waals surface area contributed by atoms with Crippen LogP contribution in [-0.2, 0) is 19.5 Å². The van der Waals surface area contributed by atoms with Crippen LogP contribution in [0.1, 0.15) is 56.9 Å². The lowest BCUT2D eigenvalue weighted by molar-refractivity contribution is -0.0106. The minimum atomic E-state index is -3.41. The van der Waals surface area contributed by atoms with Gasteiger partial charge in [0.1, 0.15) is 5.75 Å². The highest BCUT2D eigenvalue weighted by Gasteiger charge is 2.44. The van der Waals surface area contributed by atoms with Gasteiger partial charge in [-0.1, -0.05) is 12.1 Å². The first kappa shape index (κ1) is 23.3. The first-order valence-electron chi connectivity index (χ1n) is 11.6. The maximum Gasteiger partial charge on any atom is 0.410 e. The number of amides is 1. The molecule has 1 N–H and O–H groups in total. The molecule has 1 amide bonds. The summed E-state index contributed by atoms with van der Waals surface area (Å²) >= 11 is 0. The van der Waals surface area contributed by atoms with Crippen LogP contribution >= 0.6 is 0 Å². The van der Waals surface area contributed by atoms with Gasteiger partial charge in [0.15, 0.2) is 0 Å². The van der Waals surface area contributed by atoms with Crippen LogP contribution in [0.15, 0.2) is 24.3 Å². The van der Waals surface area contributed by atoms with Crippen molar-refractivity contribution in [2.75, 3.05) is 26.1 Å². The molecule has 1 saturated carbocycles. The molecule has 1 saturated heterocycles. The van der Waals surface area contributed by atoms with Crippen LogP contribution in [0, 0.1) is 0 Å². The van der Waals surface area contributed by atoms with Crippen LogP contribution in [0.4, 0.5) is 4.79 Å². The van der Waals surface area contributed by atoms with E-state index in [1.807, 2.05) is 19.1 Å². The Balaban J connectivity index is 1.51. The van der Waals surface area contributed by atoms with Gasteiger partial charge in [-0.15, -0.1) is 0 Å². The van der Waals surface area contributed by atoms with Crippen LogP contribution in [0.3, 0.4) is 0 Å². The Bertz CT molecular complexity index is 900. The Labute approximate surface area is 190 Å². The maximum atomic E-state index is 12.9. The van der Waals surface area contributed by atoms with Gasteiger partial charge in [0.05, 0.1) is 38.2 Å². The Kier molecular flexibility index (Phi) is 7.27. The SMILES string of the molecule is C[C@@H]1C[C@H](NS(C)(=O)=O)C2COC3CCC(CC3)c3cccc(c3)OCCCOC(=O)N21. The number of fused-ring (bicyclic) bond motifs is 8. The second-order valence-corrected chi connectivity index (χ2v) is 11.0. The van der Waals surface area contributed by atoms with E-state index in [9.17, 15) is 13.2 Å². The number of rotatable bonds is 2. The molecular weight excluding hydrogens is 432 g/mol. The van der Waals surface area contributed by atoms with E-state index in [1.165, 1.54) is 5.56 Å². The van der Waals surface area contributed by atoms with E-state index in [2.05, 4.69) is 16.9 Å². The Morgan fingerprint density at radius 2 is 1.84 bits per heavy atom. The minimum absolute atomic E-state index is 0.106. The largest absolute Gasteiger partial charge is 0.493 e. The van der Waals surface area contributed by atoms with Gasteiger partial charge < -0.3 is 14.2 Å². The van der Waals surface area contributed by atoms with Crippen molar-refractivity contribution >= 4 is 16.1 Å². The number of sulfonamides is 1. The van der Waals surface area contributed by atoms with Crippen molar-refractivity contribution < 1.29 is 27.4 Å². The lowest BCUT2D eigenvalue weighted by Crippen LogP contribution is -2.50. The third-order valence-electron chi connectivity index (χ3n) is 6.76. The molecular formula is C23H34N2O6S. The highest BCUT2D eigenvalue weighted by atomic mass is 32.2. The maximum absolute atomic E-state index is 12.9. The predicted molar refractivity (Wildman–Crippen MR) is 120 cm³/mol. The number of hydrogen-bond acceptors (Lipinski definition) is 6. The summed E-state index contributed by atoms with van der Waals surface area (Å²) < 4.78 is 44.2. The van der Waals surface area contributed by atoms with E-state index < -0.39 is 28.2 Å². The molecule has 3 atom stereocenters. The number of carbonyl (C=O) groups is 1. The zero-order valence-corrected chi connectivity index (χ0v) is 19.7. The Morgan fingerprint density at radius 1 is 1.09 bits per heavy atom. The van der Waals surface area contributed by atoms with Crippen LogP contribution in [-0.4, -0.2) is 69.7 Å². The van der Waals surface area contributed by atoms with Gasteiger partial charge in [0.25, 0.3) is 0 Å². The third kappa shape index (κ3) is 5.74. The minimum Gasteiger partial charge on any atom is -0.493 e. The van der Waals surface area contributed by atoms with E-state index in [1.54, 1.807) is 4.90 Å². The molecule has 2 fully saturated rings. The molecule has 1 aliphatic carbocycles. The van der Waals surface area contributed by atoms with Crippen molar-refractivity contribution in [3.63, 3.8) is 0 Å². The summed E-state index contributed by atoms with van der Waals surface area (Å²) in [6, 6.07) is 7.34. The van der Waals surface area contributed by atoms with E-state index in [4.69, 9.17) is 14.2 Å². The average molecular weight is 467 g/mol. The van der Waals surface area contributed by atoms with Crippen molar-refractivity contribution in [3.05, 3.63) is 29.8 Å². The number of hydrogen-bond donors (Lipinski definition) is 1. The number of benzene rings is 1. The van der Waals surface area contributed by atoms with Crippen LogP contribution < -0.4 is 9.46 Å². The average Bonchev–Trinajstić information content (AvgIpc) is 3.05. The second kappa shape index (κ2) is 9.97. The molecule has 1 unspecified atom stereocenters. The van der Waals surface area contributed by atoms with Gasteiger partial charge in [-0.05, 0) is 62.6 Å². The van der Waals surface area contributed by atoms with E-state index in [-0.39, 0.29) is 18.8 Å². The first-order valence-corrected chi connectivity index (χ1v) is 13.5. The zero-order valence-electron chi connectivity index (χ0n) is 18.9. The molecule has 4 bridgehead atoms. The van der Waals surface area contributed by atoms with Crippen molar-refractivity contribution in [1.82, 2.24) is 9.62 Å². The lowest BCUT2D eigenvalue weighted by Gasteiger charge is -2.33. The molecule has 0 radical (unpaired) electrons. The molecule has 9 heteroatoms. The standard InChI is InChI=1S/C23H34N2O6S/c1-16-13-21(24-32(2,27)28)22-15-31-19-9-7-17(8-10-19)18-5-3-6-20(14-18)29-11-4-12-30-23(26)25(16)22/h3,5-6,14,16-17,19,21-22,24H,4,7-13,15H2,1-2H3/t16-,17?,19?,21+,22?/m1/s1. The first-order chi connectivity index (χ1) is 15.3. The van der Waals surface area contributed by atoms with Crippen molar-refractivity contribution in [2.45, 2.75) is 75.6 Å². The molecule has 32 heavy (non-hydrogen) atoms. The molecule has 0 spiro atoms. The van der Waals surface area contributed by atoms with Crippen molar-refractivity contribution in [3.8, 4) is 5.75 Å². The Morgan fingerprint density at radius 3 is 2.59 bits per heavy atom. The summed E-state index contributed by atoms with van der Waals surface area (Å²) in [4.78, 5) is 14.5. The molecule has 1 aromatic carbocycles. The molecule has 8 nitrogen and oxygen atoms in total. The molecule has 178 valence electrons. The van der Waals surface area contributed by atoms with Crippen LogP contribution in [0.5, 0.6) is 5.75 Å². The summed E-state index contributed by atoms with van der Waals surface area (Å²) in [5.41, 5.74) is 1.30.